The SMILES string of the molecule is COCCNC(=O)/C(C#N)=C(\NCc1ccc(Cl)nc1)SC. The fourth-order valence-electron chi connectivity index (χ4n) is 1.52. The molecule has 0 bridgehead atoms. The van der Waals surface area contributed by atoms with Gasteiger partial charge in [-0.1, -0.05) is 17.7 Å². The molecule has 0 saturated carbocycles. The number of carbonyl (C=O) groups is 1. The van der Waals surface area contributed by atoms with Crippen molar-refractivity contribution in [2.24, 2.45) is 0 Å². The summed E-state index contributed by atoms with van der Waals surface area (Å²) in [6.45, 7) is 1.18. The Bertz CT molecular complexity index is 569. The zero-order valence-corrected chi connectivity index (χ0v) is 13.9. The van der Waals surface area contributed by atoms with Crippen LogP contribution in [0, 0.1) is 11.3 Å². The van der Waals surface area contributed by atoms with Crippen molar-refractivity contribution in [1.82, 2.24) is 15.6 Å². The molecule has 0 fully saturated rings. The van der Waals surface area contributed by atoms with Gasteiger partial charge in [-0.15, -0.1) is 11.8 Å². The minimum atomic E-state index is -0.425. The first-order valence-electron chi connectivity index (χ1n) is 6.42. The third-order valence-electron chi connectivity index (χ3n) is 2.60. The van der Waals surface area contributed by atoms with E-state index in [-0.39, 0.29) is 5.57 Å². The molecule has 22 heavy (non-hydrogen) atoms. The number of halogens is 1. The number of hydrogen-bond acceptors (Lipinski definition) is 6. The molecule has 0 aliphatic rings. The number of carbonyl (C=O) groups excluding carboxylic acids is 1. The van der Waals surface area contributed by atoms with Gasteiger partial charge in [-0.25, -0.2) is 4.98 Å². The van der Waals surface area contributed by atoms with Gasteiger partial charge < -0.3 is 15.4 Å². The summed E-state index contributed by atoms with van der Waals surface area (Å²) in [6, 6.07) is 5.44. The van der Waals surface area contributed by atoms with E-state index in [0.717, 1.165) is 5.56 Å². The van der Waals surface area contributed by atoms with E-state index in [2.05, 4.69) is 15.6 Å². The highest BCUT2D eigenvalue weighted by Gasteiger charge is 2.14. The van der Waals surface area contributed by atoms with Crippen LogP contribution in [-0.4, -0.2) is 37.4 Å². The molecule has 0 radical (unpaired) electrons. The van der Waals surface area contributed by atoms with Crippen LogP contribution in [0.1, 0.15) is 5.56 Å². The van der Waals surface area contributed by atoms with Gasteiger partial charge in [0, 0.05) is 26.4 Å². The molecule has 1 amide bonds. The number of nitrogens with zero attached hydrogens (tertiary/aromatic N) is 2. The Kier molecular flexibility index (Phi) is 8.36. The number of hydrogen-bond donors (Lipinski definition) is 2. The molecule has 6 nitrogen and oxygen atoms in total. The number of aromatic nitrogens is 1. The van der Waals surface area contributed by atoms with E-state index < -0.39 is 5.91 Å². The van der Waals surface area contributed by atoms with Gasteiger partial charge in [-0.2, -0.15) is 5.26 Å². The predicted molar refractivity (Wildman–Crippen MR) is 87.1 cm³/mol. The number of thioether (sulfide) groups is 1. The third-order valence-corrected chi connectivity index (χ3v) is 3.58. The van der Waals surface area contributed by atoms with Crippen molar-refractivity contribution in [2.45, 2.75) is 6.54 Å². The summed E-state index contributed by atoms with van der Waals surface area (Å²) in [4.78, 5) is 16.0. The molecular weight excluding hydrogens is 324 g/mol. The number of ether oxygens (including phenoxy) is 1. The van der Waals surface area contributed by atoms with Gasteiger partial charge in [0.15, 0.2) is 0 Å². The van der Waals surface area contributed by atoms with Crippen LogP contribution in [0.4, 0.5) is 0 Å². The van der Waals surface area contributed by atoms with Crippen molar-refractivity contribution in [2.75, 3.05) is 26.5 Å². The first-order chi connectivity index (χ1) is 10.6. The number of nitrogens with one attached hydrogen (secondary N) is 2. The van der Waals surface area contributed by atoms with E-state index in [1.54, 1.807) is 25.6 Å². The summed E-state index contributed by atoms with van der Waals surface area (Å²) in [6.07, 6.45) is 3.43. The Balaban J connectivity index is 2.74. The predicted octanol–water partition coefficient (Wildman–Crippen LogP) is 1.69. The van der Waals surface area contributed by atoms with Gasteiger partial charge in [0.05, 0.1) is 11.6 Å². The van der Waals surface area contributed by atoms with Gasteiger partial charge in [0.2, 0.25) is 0 Å². The highest BCUT2D eigenvalue weighted by atomic mass is 35.5. The standard InChI is InChI=1S/C14H17ClN4O2S/c1-21-6-5-17-13(20)11(7-16)14(22-2)19-9-10-3-4-12(15)18-8-10/h3-4,8,19H,5-6,9H2,1-2H3,(H,17,20)/b14-11+. The van der Waals surface area contributed by atoms with E-state index >= 15 is 0 Å². The second-order valence-corrected chi connectivity index (χ2v) is 5.32. The third kappa shape index (κ3) is 5.93. The topological polar surface area (TPSA) is 87.0 Å². The van der Waals surface area contributed by atoms with Crippen molar-refractivity contribution < 1.29 is 9.53 Å². The summed E-state index contributed by atoms with van der Waals surface area (Å²) in [7, 11) is 1.54. The van der Waals surface area contributed by atoms with Crippen LogP contribution >= 0.6 is 23.4 Å². The van der Waals surface area contributed by atoms with Crippen LogP contribution in [0.3, 0.4) is 0 Å². The number of amides is 1. The molecule has 8 heteroatoms. The molecule has 0 saturated heterocycles. The molecule has 1 heterocycles. The van der Waals surface area contributed by atoms with Crippen molar-refractivity contribution in [3.8, 4) is 6.07 Å². The van der Waals surface area contributed by atoms with E-state index in [1.165, 1.54) is 11.8 Å². The molecule has 0 unspecified atom stereocenters. The number of nitriles is 1. The van der Waals surface area contributed by atoms with Crippen LogP contribution in [-0.2, 0) is 16.1 Å². The van der Waals surface area contributed by atoms with Crippen LogP contribution < -0.4 is 10.6 Å². The Morgan fingerprint density at radius 2 is 2.27 bits per heavy atom. The normalized spacial score (nSPS) is 11.4. The minimum absolute atomic E-state index is 0.0468. The van der Waals surface area contributed by atoms with E-state index in [9.17, 15) is 10.1 Å². The first-order valence-corrected chi connectivity index (χ1v) is 8.02. The lowest BCUT2D eigenvalue weighted by molar-refractivity contribution is -0.117. The van der Waals surface area contributed by atoms with E-state index in [4.69, 9.17) is 16.3 Å². The molecule has 0 aliphatic carbocycles. The van der Waals surface area contributed by atoms with Crippen LogP contribution in [0.15, 0.2) is 28.9 Å². The zero-order valence-electron chi connectivity index (χ0n) is 12.4. The highest BCUT2D eigenvalue weighted by Crippen LogP contribution is 2.15. The maximum Gasteiger partial charge on any atom is 0.264 e. The molecule has 118 valence electrons. The largest absolute Gasteiger partial charge is 0.383 e. The summed E-state index contributed by atoms with van der Waals surface area (Å²) in [5.74, 6) is -0.425. The Labute approximate surface area is 138 Å². The van der Waals surface area contributed by atoms with Gasteiger partial charge in [0.25, 0.3) is 5.91 Å². The second-order valence-electron chi connectivity index (χ2n) is 4.11. The van der Waals surface area contributed by atoms with Crippen molar-refractivity contribution >= 4 is 29.3 Å². The fourth-order valence-corrected chi connectivity index (χ4v) is 2.19. The lowest BCUT2D eigenvalue weighted by Crippen LogP contribution is -2.30. The van der Waals surface area contributed by atoms with Crippen molar-refractivity contribution in [1.29, 1.82) is 5.26 Å². The Morgan fingerprint density at radius 3 is 2.82 bits per heavy atom. The molecule has 0 aromatic carbocycles. The minimum Gasteiger partial charge on any atom is -0.383 e. The van der Waals surface area contributed by atoms with Crippen LogP contribution in [0.25, 0.3) is 0 Å². The summed E-state index contributed by atoms with van der Waals surface area (Å²) in [5, 5.41) is 15.8. The lowest BCUT2D eigenvalue weighted by atomic mass is 10.2. The quantitative estimate of drug-likeness (QED) is 0.324. The fraction of sp³-hybridized carbons (Fsp3) is 0.357. The molecular formula is C14H17ClN4O2S. The van der Waals surface area contributed by atoms with Gasteiger partial charge in [-0.05, 0) is 17.9 Å². The zero-order chi connectivity index (χ0) is 16.4. The molecule has 0 aliphatic heterocycles. The molecule has 1 aromatic rings. The first kappa shape index (κ1) is 18.3. The number of methoxy groups -OCH3 is 1. The summed E-state index contributed by atoms with van der Waals surface area (Å²) < 4.78 is 4.86. The van der Waals surface area contributed by atoms with Gasteiger partial charge in [0.1, 0.15) is 16.8 Å². The van der Waals surface area contributed by atoms with Gasteiger partial charge in [-0.3, -0.25) is 4.79 Å². The average molecular weight is 341 g/mol. The van der Waals surface area contributed by atoms with Gasteiger partial charge >= 0.3 is 0 Å². The smallest absolute Gasteiger partial charge is 0.264 e. The average Bonchev–Trinajstić information content (AvgIpc) is 2.53. The lowest BCUT2D eigenvalue weighted by Gasteiger charge is -2.11. The monoisotopic (exact) mass is 340 g/mol. The summed E-state index contributed by atoms with van der Waals surface area (Å²) in [5.41, 5.74) is 0.943. The highest BCUT2D eigenvalue weighted by molar-refractivity contribution is 8.02. The molecule has 1 aromatic heterocycles. The molecule has 1 rings (SSSR count). The van der Waals surface area contributed by atoms with Crippen molar-refractivity contribution in [3.63, 3.8) is 0 Å². The summed E-state index contributed by atoms with van der Waals surface area (Å²) >= 11 is 7.03. The molecule has 0 atom stereocenters. The Hall–Kier alpha value is -1.75. The Morgan fingerprint density at radius 1 is 1.50 bits per heavy atom. The number of rotatable bonds is 8. The molecule has 0 spiro atoms. The maximum absolute atomic E-state index is 12.0. The van der Waals surface area contributed by atoms with Crippen LogP contribution in [0.5, 0.6) is 0 Å². The maximum atomic E-state index is 12.0. The van der Waals surface area contributed by atoms with Crippen LogP contribution in [0.2, 0.25) is 5.15 Å². The van der Waals surface area contributed by atoms with E-state index in [0.29, 0.717) is 29.9 Å². The van der Waals surface area contributed by atoms with Crippen molar-refractivity contribution in [3.05, 3.63) is 39.6 Å². The number of pyridine rings is 1. The molecule has 2 N–H and O–H groups in total. The van der Waals surface area contributed by atoms with E-state index in [1.807, 2.05) is 12.1 Å². The second kappa shape index (κ2) is 10.1.